The topological polar surface area (TPSA) is 112 Å². The second-order valence-electron chi connectivity index (χ2n) is 17.6. The summed E-state index contributed by atoms with van der Waals surface area (Å²) in [5, 5.41) is 3.18. The fourth-order valence-corrected chi connectivity index (χ4v) is 11.0. The summed E-state index contributed by atoms with van der Waals surface area (Å²) in [6.45, 7) is 6.56. The highest BCUT2D eigenvalue weighted by Gasteiger charge is 2.46. The van der Waals surface area contributed by atoms with Crippen LogP contribution in [0.25, 0.3) is 10.9 Å². The fourth-order valence-electron chi connectivity index (χ4n) is 11.0. The van der Waals surface area contributed by atoms with Crippen molar-refractivity contribution in [2.75, 3.05) is 44.2 Å². The molecule has 7 heterocycles. The third-order valence-electron chi connectivity index (χ3n) is 14.0. The number of piperidine rings is 2. The third-order valence-corrected chi connectivity index (χ3v) is 14.0. The number of carbonyl (C=O) groups is 4. The maximum absolute atomic E-state index is 16.3. The van der Waals surface area contributed by atoms with Crippen molar-refractivity contribution in [2.24, 2.45) is 5.92 Å². The number of imide groups is 2. The number of carbonyl (C=O) groups excluding carboxylic acids is 4. The smallest absolute Gasteiger partial charge is 0.262 e. The lowest BCUT2D eigenvalue weighted by atomic mass is 9.88. The van der Waals surface area contributed by atoms with Crippen molar-refractivity contribution in [1.29, 1.82) is 0 Å². The molecule has 0 spiro atoms. The highest BCUT2D eigenvalue weighted by atomic mass is 19.3. The van der Waals surface area contributed by atoms with E-state index in [-0.39, 0.29) is 30.5 Å². The van der Waals surface area contributed by atoms with Gasteiger partial charge < -0.3 is 9.88 Å². The van der Waals surface area contributed by atoms with Gasteiger partial charge in [-0.25, -0.2) is 17.6 Å². The summed E-state index contributed by atoms with van der Waals surface area (Å²) in [6, 6.07) is 11.8. The number of anilines is 1. The number of benzene rings is 3. The quantitative estimate of drug-likeness (QED) is 0.171. The molecule has 60 heavy (non-hydrogen) atoms. The van der Waals surface area contributed by atoms with E-state index in [4.69, 9.17) is 0 Å². The van der Waals surface area contributed by atoms with Crippen LogP contribution in [0.15, 0.2) is 48.5 Å². The molecule has 1 aromatic heterocycles. The predicted molar refractivity (Wildman–Crippen MR) is 215 cm³/mol. The van der Waals surface area contributed by atoms with Crippen molar-refractivity contribution in [1.82, 2.24) is 29.9 Å². The Balaban J connectivity index is 0.766. The van der Waals surface area contributed by atoms with Gasteiger partial charge in [0.15, 0.2) is 0 Å². The molecular formula is C45H47F4N7O4. The van der Waals surface area contributed by atoms with Crippen LogP contribution in [-0.2, 0) is 29.1 Å². The van der Waals surface area contributed by atoms with Crippen LogP contribution in [0.4, 0.5) is 23.2 Å². The summed E-state index contributed by atoms with van der Waals surface area (Å²) < 4.78 is 60.5. The predicted octanol–water partition coefficient (Wildman–Crippen LogP) is 5.75. The Morgan fingerprint density at radius 1 is 0.850 bits per heavy atom. The zero-order valence-electron chi connectivity index (χ0n) is 33.4. The van der Waals surface area contributed by atoms with Crippen LogP contribution >= 0.6 is 0 Å². The monoisotopic (exact) mass is 825 g/mol. The highest BCUT2D eigenvalue weighted by Crippen LogP contribution is 2.44. The number of fused-ring (bicyclic) bond motifs is 5. The molecule has 3 saturated heterocycles. The average molecular weight is 826 g/mol. The van der Waals surface area contributed by atoms with Gasteiger partial charge in [-0.1, -0.05) is 18.2 Å². The molecule has 4 aromatic rings. The molecular weight excluding hydrogens is 779 g/mol. The number of likely N-dealkylation sites (tertiary alicyclic amines) is 1. The van der Waals surface area contributed by atoms with E-state index in [1.54, 1.807) is 12.1 Å². The Morgan fingerprint density at radius 3 is 2.20 bits per heavy atom. The van der Waals surface area contributed by atoms with Crippen molar-refractivity contribution in [3.63, 3.8) is 0 Å². The van der Waals surface area contributed by atoms with Crippen molar-refractivity contribution in [2.45, 2.75) is 89.1 Å². The van der Waals surface area contributed by atoms with Crippen LogP contribution in [0, 0.1) is 17.6 Å². The minimum absolute atomic E-state index is 0.0774. The van der Waals surface area contributed by atoms with Gasteiger partial charge >= 0.3 is 0 Å². The van der Waals surface area contributed by atoms with Crippen molar-refractivity contribution in [3.05, 3.63) is 99.2 Å². The normalized spacial score (nSPS) is 25.5. The number of hydrogen-bond acceptors (Lipinski definition) is 8. The summed E-state index contributed by atoms with van der Waals surface area (Å²) in [5.74, 6) is -3.02. The van der Waals surface area contributed by atoms with Gasteiger partial charge in [0.05, 0.1) is 23.7 Å². The van der Waals surface area contributed by atoms with E-state index in [1.165, 1.54) is 17.0 Å². The van der Waals surface area contributed by atoms with Crippen molar-refractivity contribution in [3.8, 4) is 0 Å². The first-order valence-corrected chi connectivity index (χ1v) is 21.1. The van der Waals surface area contributed by atoms with Crippen LogP contribution in [0.5, 0.6) is 0 Å². The molecule has 3 aromatic carbocycles. The van der Waals surface area contributed by atoms with E-state index in [9.17, 15) is 28.0 Å². The molecule has 4 atom stereocenters. The first-order valence-electron chi connectivity index (χ1n) is 21.1. The number of rotatable bonds is 8. The number of nitrogens with one attached hydrogen (secondary N) is 2. The van der Waals surface area contributed by atoms with Gasteiger partial charge in [0.1, 0.15) is 17.7 Å². The largest absolute Gasteiger partial charge is 0.370 e. The second kappa shape index (κ2) is 15.1. The van der Waals surface area contributed by atoms with Gasteiger partial charge in [0, 0.05) is 79.1 Å². The molecule has 2 unspecified atom stereocenters. The van der Waals surface area contributed by atoms with E-state index in [2.05, 4.69) is 20.1 Å². The Bertz CT molecular complexity index is 2360. The summed E-state index contributed by atoms with van der Waals surface area (Å²) in [5.41, 5.74) is 5.17. The third kappa shape index (κ3) is 6.69. The summed E-state index contributed by atoms with van der Waals surface area (Å²) in [7, 11) is 0. The number of aromatic nitrogens is 1. The lowest BCUT2D eigenvalue weighted by Gasteiger charge is -2.41. The number of hydrogen-bond donors (Lipinski definition) is 2. The van der Waals surface area contributed by atoms with E-state index < -0.39 is 60.3 Å². The van der Waals surface area contributed by atoms with Gasteiger partial charge in [-0.15, -0.1) is 0 Å². The molecule has 11 nitrogen and oxygen atoms in total. The van der Waals surface area contributed by atoms with Crippen LogP contribution in [0.2, 0.25) is 0 Å². The van der Waals surface area contributed by atoms with Gasteiger partial charge in [-0.2, -0.15) is 0 Å². The molecule has 314 valence electrons. The Kier molecular flexibility index (Phi) is 9.83. The van der Waals surface area contributed by atoms with Gasteiger partial charge in [-0.3, -0.25) is 44.1 Å². The standard InChI is InChI=1S/C45H47F4N7O4/c1-24-14-31-30-4-2-3-5-36(30)50-41(31)42(55(24)23-38(48)49)40-34(46)17-29(18-35(40)47)54-13-10-28(22-54)53-11-8-25(9-12-53)19-52-20-26-15-32-33(16-27(26)21-52)45(60)56(44(32)59)37-6-7-39(57)51-43(37)58/h2-5,15-18,24-25,28,37-38,42,50H,6-14,19-23H2,1H3,(H,51,57,58)/t24-,28?,37?,42-/m1/s1. The van der Waals surface area contributed by atoms with E-state index in [1.807, 2.05) is 36.1 Å². The van der Waals surface area contributed by atoms with Gasteiger partial charge in [0.25, 0.3) is 18.2 Å². The van der Waals surface area contributed by atoms with Crippen LogP contribution in [0.3, 0.4) is 0 Å². The molecule has 2 N–H and O–H groups in total. The Labute approximate surface area is 344 Å². The molecule has 0 radical (unpaired) electrons. The minimum atomic E-state index is -2.67. The molecule has 6 aliphatic rings. The number of alkyl halides is 2. The zero-order chi connectivity index (χ0) is 41.6. The second-order valence-corrected chi connectivity index (χ2v) is 17.6. The SMILES string of the molecule is C[C@@H]1Cc2c([nH]c3ccccc23)[C@@H](c2c(F)cc(N3CCC(N4CCC(CN5Cc6cc7c(cc6C5)C(=O)N(C5CCC(=O)NC5=O)C7=O)CC4)C3)cc2F)N1CC(F)F. The number of para-hydroxylation sites is 1. The van der Waals surface area contributed by atoms with E-state index >= 15 is 8.78 Å². The summed E-state index contributed by atoms with van der Waals surface area (Å²) in [4.78, 5) is 63.5. The lowest BCUT2D eigenvalue weighted by Crippen LogP contribution is -2.54. The fraction of sp³-hybridized carbons (Fsp3) is 0.467. The van der Waals surface area contributed by atoms with Gasteiger partial charge in [-0.05, 0) is 105 Å². The van der Waals surface area contributed by atoms with Gasteiger partial charge in [0.2, 0.25) is 11.8 Å². The molecule has 3 fully saturated rings. The number of aromatic amines is 1. The van der Waals surface area contributed by atoms with Crippen molar-refractivity contribution >= 4 is 40.2 Å². The van der Waals surface area contributed by atoms with Crippen LogP contribution in [0.1, 0.15) is 93.7 Å². The molecule has 0 saturated carbocycles. The van der Waals surface area contributed by atoms with Crippen LogP contribution in [-0.4, -0.2) is 112 Å². The maximum atomic E-state index is 16.3. The Hall–Kier alpha value is -5.12. The molecule has 6 aliphatic heterocycles. The first-order chi connectivity index (χ1) is 28.9. The van der Waals surface area contributed by atoms with Crippen molar-refractivity contribution < 1.29 is 36.7 Å². The average Bonchev–Trinajstić information content (AvgIpc) is 4.00. The number of halogens is 4. The zero-order valence-corrected chi connectivity index (χ0v) is 33.4. The molecule has 0 bridgehead atoms. The molecule has 15 heteroatoms. The Morgan fingerprint density at radius 2 is 1.53 bits per heavy atom. The number of nitrogens with zero attached hydrogens (tertiary/aromatic N) is 5. The molecule has 10 rings (SSSR count). The molecule has 0 aliphatic carbocycles. The summed E-state index contributed by atoms with van der Waals surface area (Å²) in [6.07, 6.45) is 0.889. The summed E-state index contributed by atoms with van der Waals surface area (Å²) >= 11 is 0. The van der Waals surface area contributed by atoms with Crippen LogP contribution < -0.4 is 10.2 Å². The maximum Gasteiger partial charge on any atom is 0.262 e. The first kappa shape index (κ1) is 39.0. The van der Waals surface area contributed by atoms with E-state index in [0.29, 0.717) is 61.0 Å². The number of amides is 4. The molecule has 4 amide bonds. The number of H-pyrrole nitrogens is 1. The highest BCUT2D eigenvalue weighted by molar-refractivity contribution is 6.23. The minimum Gasteiger partial charge on any atom is -0.370 e. The van der Waals surface area contributed by atoms with E-state index in [0.717, 1.165) is 71.4 Å². The lowest BCUT2D eigenvalue weighted by molar-refractivity contribution is -0.136.